The van der Waals surface area contributed by atoms with E-state index in [2.05, 4.69) is 15.6 Å². The standard InChI is InChI=1S/C17H24N4O3S/c1-4-17(18,5-2)10-19-14(22)8-12-9-25-16(20-12)21-15(23)13-6-7-24-11(13)3/h6-7,9H,4-5,8,10,18H2,1-3H3,(H,19,22)(H,20,21,23). The van der Waals surface area contributed by atoms with Crippen molar-refractivity contribution in [1.29, 1.82) is 0 Å². The summed E-state index contributed by atoms with van der Waals surface area (Å²) in [6.45, 7) is 6.17. The van der Waals surface area contributed by atoms with Gasteiger partial charge in [0.1, 0.15) is 5.76 Å². The topological polar surface area (TPSA) is 110 Å². The number of hydrogen-bond donors (Lipinski definition) is 3. The van der Waals surface area contributed by atoms with E-state index in [4.69, 9.17) is 10.2 Å². The number of anilines is 1. The van der Waals surface area contributed by atoms with E-state index in [9.17, 15) is 9.59 Å². The quantitative estimate of drug-likeness (QED) is 0.666. The Kier molecular flexibility index (Phi) is 6.33. The van der Waals surface area contributed by atoms with Crippen LogP contribution in [0.5, 0.6) is 0 Å². The first-order chi connectivity index (χ1) is 11.9. The Morgan fingerprint density at radius 2 is 2.08 bits per heavy atom. The second kappa shape index (κ2) is 8.26. The molecule has 0 radical (unpaired) electrons. The van der Waals surface area contributed by atoms with Crippen LogP contribution in [0.25, 0.3) is 0 Å². The van der Waals surface area contributed by atoms with E-state index in [1.165, 1.54) is 17.6 Å². The van der Waals surface area contributed by atoms with Crippen LogP contribution < -0.4 is 16.4 Å². The largest absolute Gasteiger partial charge is 0.469 e. The van der Waals surface area contributed by atoms with Crippen molar-refractivity contribution in [3.05, 3.63) is 34.7 Å². The van der Waals surface area contributed by atoms with Gasteiger partial charge in [0.2, 0.25) is 5.91 Å². The molecule has 0 spiro atoms. The summed E-state index contributed by atoms with van der Waals surface area (Å²) in [5.41, 5.74) is 6.87. The highest BCUT2D eigenvalue weighted by Gasteiger charge is 2.21. The number of carbonyl (C=O) groups excluding carboxylic acids is 2. The van der Waals surface area contributed by atoms with Gasteiger partial charge >= 0.3 is 0 Å². The molecule has 25 heavy (non-hydrogen) atoms. The number of rotatable bonds is 8. The highest BCUT2D eigenvalue weighted by molar-refractivity contribution is 7.14. The zero-order valence-electron chi connectivity index (χ0n) is 14.7. The minimum atomic E-state index is -0.376. The number of amides is 2. The lowest BCUT2D eigenvalue weighted by atomic mass is 9.94. The van der Waals surface area contributed by atoms with Crippen molar-refractivity contribution in [2.24, 2.45) is 5.73 Å². The molecule has 2 aromatic heterocycles. The molecule has 0 bridgehead atoms. The number of furan rings is 1. The fourth-order valence-electron chi connectivity index (χ4n) is 2.23. The molecule has 2 rings (SSSR count). The van der Waals surface area contributed by atoms with Crippen molar-refractivity contribution in [1.82, 2.24) is 10.3 Å². The van der Waals surface area contributed by atoms with Crippen LogP contribution >= 0.6 is 11.3 Å². The fourth-order valence-corrected chi connectivity index (χ4v) is 2.94. The molecule has 4 N–H and O–H groups in total. The fraction of sp³-hybridized carbons (Fsp3) is 0.471. The van der Waals surface area contributed by atoms with Gasteiger partial charge in [0.05, 0.1) is 23.9 Å². The van der Waals surface area contributed by atoms with E-state index in [-0.39, 0.29) is 23.8 Å². The highest BCUT2D eigenvalue weighted by Crippen LogP contribution is 2.18. The Morgan fingerprint density at radius 3 is 2.68 bits per heavy atom. The summed E-state index contributed by atoms with van der Waals surface area (Å²) in [4.78, 5) is 28.4. The number of nitrogens with zero attached hydrogens (tertiary/aromatic N) is 1. The van der Waals surface area contributed by atoms with Gasteiger partial charge in [0, 0.05) is 17.5 Å². The molecule has 0 saturated carbocycles. The molecule has 2 amide bonds. The predicted molar refractivity (Wildman–Crippen MR) is 97.7 cm³/mol. The van der Waals surface area contributed by atoms with E-state index in [1.807, 2.05) is 13.8 Å². The average Bonchev–Trinajstić information content (AvgIpc) is 3.21. The van der Waals surface area contributed by atoms with Crippen molar-refractivity contribution in [3.8, 4) is 0 Å². The second-order valence-electron chi connectivity index (χ2n) is 6.01. The lowest BCUT2D eigenvalue weighted by Gasteiger charge is -2.26. The van der Waals surface area contributed by atoms with Gasteiger partial charge in [-0.25, -0.2) is 4.98 Å². The molecule has 0 saturated heterocycles. The van der Waals surface area contributed by atoms with Crippen LogP contribution in [0.4, 0.5) is 5.13 Å². The van der Waals surface area contributed by atoms with Crippen LogP contribution in [-0.4, -0.2) is 28.9 Å². The van der Waals surface area contributed by atoms with Crippen LogP contribution in [-0.2, 0) is 11.2 Å². The van der Waals surface area contributed by atoms with Gasteiger partial charge < -0.3 is 15.5 Å². The Morgan fingerprint density at radius 1 is 1.36 bits per heavy atom. The molecule has 8 heteroatoms. The van der Waals surface area contributed by atoms with Crippen LogP contribution in [0, 0.1) is 6.92 Å². The zero-order valence-corrected chi connectivity index (χ0v) is 15.5. The van der Waals surface area contributed by atoms with E-state index in [0.29, 0.717) is 28.7 Å². The van der Waals surface area contributed by atoms with Gasteiger partial charge in [-0.15, -0.1) is 11.3 Å². The van der Waals surface area contributed by atoms with Gasteiger partial charge in [-0.3, -0.25) is 14.9 Å². The molecule has 136 valence electrons. The third-order valence-electron chi connectivity index (χ3n) is 4.26. The summed E-state index contributed by atoms with van der Waals surface area (Å²) in [6.07, 6.45) is 3.21. The number of nitrogens with one attached hydrogen (secondary N) is 2. The molecule has 0 unspecified atom stereocenters. The monoisotopic (exact) mass is 364 g/mol. The maximum Gasteiger partial charge on any atom is 0.260 e. The summed E-state index contributed by atoms with van der Waals surface area (Å²) in [5, 5.41) is 7.77. The lowest BCUT2D eigenvalue weighted by molar-refractivity contribution is -0.120. The molecule has 0 atom stereocenters. The predicted octanol–water partition coefficient (Wildman–Crippen LogP) is 2.47. The molecule has 0 aliphatic rings. The number of aryl methyl sites for hydroxylation is 1. The van der Waals surface area contributed by atoms with E-state index in [0.717, 1.165) is 12.8 Å². The Hall–Kier alpha value is -2.19. The number of thiazole rings is 1. The van der Waals surface area contributed by atoms with Gasteiger partial charge in [-0.05, 0) is 25.8 Å². The summed E-state index contributed by atoms with van der Waals surface area (Å²) in [5.74, 6) is 0.131. The first-order valence-electron chi connectivity index (χ1n) is 8.22. The maximum atomic E-state index is 12.1. The first kappa shape index (κ1) is 19.1. The van der Waals surface area contributed by atoms with Crippen molar-refractivity contribution in [2.75, 3.05) is 11.9 Å². The number of nitrogens with two attached hydrogens (primary N) is 1. The minimum absolute atomic E-state index is 0.134. The molecular formula is C17H24N4O3S. The Labute approximate surface area is 151 Å². The van der Waals surface area contributed by atoms with Crippen LogP contribution in [0.15, 0.2) is 22.1 Å². The summed E-state index contributed by atoms with van der Waals surface area (Å²) in [7, 11) is 0. The van der Waals surface area contributed by atoms with E-state index >= 15 is 0 Å². The summed E-state index contributed by atoms with van der Waals surface area (Å²) >= 11 is 1.28. The van der Waals surface area contributed by atoms with Gasteiger partial charge in [0.25, 0.3) is 5.91 Å². The number of aromatic nitrogens is 1. The normalized spacial score (nSPS) is 11.4. The lowest BCUT2D eigenvalue weighted by Crippen LogP contribution is -2.49. The highest BCUT2D eigenvalue weighted by atomic mass is 32.1. The van der Waals surface area contributed by atoms with Crippen molar-refractivity contribution < 1.29 is 14.0 Å². The molecule has 0 aliphatic heterocycles. The van der Waals surface area contributed by atoms with Gasteiger partial charge in [0.15, 0.2) is 5.13 Å². The molecule has 0 aromatic carbocycles. The SMILES string of the molecule is CCC(N)(CC)CNC(=O)Cc1csc(NC(=O)c2ccoc2C)n1. The zero-order chi connectivity index (χ0) is 18.4. The molecule has 0 fully saturated rings. The Bertz CT molecular complexity index is 734. The maximum absolute atomic E-state index is 12.1. The van der Waals surface area contributed by atoms with Crippen LogP contribution in [0.3, 0.4) is 0 Å². The van der Waals surface area contributed by atoms with Gasteiger partial charge in [-0.1, -0.05) is 13.8 Å². The van der Waals surface area contributed by atoms with Crippen molar-refractivity contribution in [2.45, 2.75) is 45.6 Å². The molecule has 0 aliphatic carbocycles. The third-order valence-corrected chi connectivity index (χ3v) is 5.07. The van der Waals surface area contributed by atoms with Crippen LogP contribution in [0.1, 0.15) is 48.5 Å². The van der Waals surface area contributed by atoms with Gasteiger partial charge in [-0.2, -0.15) is 0 Å². The number of carbonyl (C=O) groups is 2. The first-order valence-corrected chi connectivity index (χ1v) is 9.10. The average molecular weight is 364 g/mol. The smallest absolute Gasteiger partial charge is 0.260 e. The second-order valence-corrected chi connectivity index (χ2v) is 6.87. The Balaban J connectivity index is 1.88. The van der Waals surface area contributed by atoms with Crippen molar-refractivity contribution >= 4 is 28.3 Å². The molecular weight excluding hydrogens is 340 g/mol. The van der Waals surface area contributed by atoms with E-state index < -0.39 is 0 Å². The van der Waals surface area contributed by atoms with E-state index in [1.54, 1.807) is 18.4 Å². The summed E-state index contributed by atoms with van der Waals surface area (Å²) < 4.78 is 5.11. The molecule has 7 nitrogen and oxygen atoms in total. The third kappa shape index (κ3) is 5.14. The summed E-state index contributed by atoms with van der Waals surface area (Å²) in [6, 6.07) is 1.60. The minimum Gasteiger partial charge on any atom is -0.469 e. The molecule has 2 heterocycles. The van der Waals surface area contributed by atoms with Crippen molar-refractivity contribution in [3.63, 3.8) is 0 Å². The van der Waals surface area contributed by atoms with Crippen LogP contribution in [0.2, 0.25) is 0 Å². The molecule has 2 aromatic rings. The number of hydrogen-bond acceptors (Lipinski definition) is 6.